The molecular formula is C17H24N2. The molecule has 3 rings (SSSR count). The van der Waals surface area contributed by atoms with Crippen LogP contribution in [0, 0.1) is 0 Å². The minimum absolute atomic E-state index is 0.172. The molecule has 1 saturated heterocycles. The Balaban J connectivity index is 2.18. The SMILES string of the molecule is CC(C)(C)c1[nH]c2ccccc2c1[C@@H]1CCCNC1. The topological polar surface area (TPSA) is 27.8 Å². The molecule has 19 heavy (non-hydrogen) atoms. The van der Waals surface area contributed by atoms with E-state index in [1.54, 1.807) is 5.56 Å². The average molecular weight is 256 g/mol. The third kappa shape index (κ3) is 2.30. The summed E-state index contributed by atoms with van der Waals surface area (Å²) in [5.74, 6) is 0.652. The number of hydrogen-bond donors (Lipinski definition) is 2. The van der Waals surface area contributed by atoms with E-state index in [1.165, 1.54) is 36.0 Å². The van der Waals surface area contributed by atoms with Crippen molar-refractivity contribution in [1.82, 2.24) is 10.3 Å². The Kier molecular flexibility index (Phi) is 3.14. The Morgan fingerprint density at radius 1 is 1.16 bits per heavy atom. The zero-order chi connectivity index (χ0) is 13.5. The molecule has 2 nitrogen and oxygen atoms in total. The second-order valence-corrected chi connectivity index (χ2v) is 6.75. The van der Waals surface area contributed by atoms with Crippen LogP contribution in [-0.4, -0.2) is 18.1 Å². The van der Waals surface area contributed by atoms with Crippen molar-refractivity contribution >= 4 is 10.9 Å². The van der Waals surface area contributed by atoms with Crippen molar-refractivity contribution in [2.24, 2.45) is 0 Å². The first-order valence-electron chi connectivity index (χ1n) is 7.39. The third-order valence-corrected chi connectivity index (χ3v) is 4.20. The minimum atomic E-state index is 0.172. The van der Waals surface area contributed by atoms with E-state index in [-0.39, 0.29) is 5.41 Å². The fourth-order valence-corrected chi connectivity index (χ4v) is 3.28. The molecule has 2 aromatic rings. The van der Waals surface area contributed by atoms with Gasteiger partial charge in [-0.2, -0.15) is 0 Å². The van der Waals surface area contributed by atoms with Crippen LogP contribution in [0.1, 0.15) is 50.8 Å². The monoisotopic (exact) mass is 256 g/mol. The molecule has 2 heterocycles. The molecule has 2 N–H and O–H groups in total. The first-order chi connectivity index (χ1) is 9.07. The van der Waals surface area contributed by atoms with E-state index in [4.69, 9.17) is 0 Å². The van der Waals surface area contributed by atoms with Gasteiger partial charge in [-0.15, -0.1) is 0 Å². The molecule has 0 aliphatic carbocycles. The van der Waals surface area contributed by atoms with E-state index in [2.05, 4.69) is 55.3 Å². The van der Waals surface area contributed by atoms with Gasteiger partial charge in [0.1, 0.15) is 0 Å². The Morgan fingerprint density at radius 3 is 2.63 bits per heavy atom. The molecule has 1 aliphatic rings. The van der Waals surface area contributed by atoms with Crippen molar-refractivity contribution in [3.05, 3.63) is 35.5 Å². The van der Waals surface area contributed by atoms with Gasteiger partial charge in [0, 0.05) is 28.6 Å². The Bertz CT molecular complexity index is 568. The quantitative estimate of drug-likeness (QED) is 0.795. The van der Waals surface area contributed by atoms with Gasteiger partial charge in [-0.05, 0) is 36.9 Å². The van der Waals surface area contributed by atoms with Crippen LogP contribution in [0.3, 0.4) is 0 Å². The van der Waals surface area contributed by atoms with Gasteiger partial charge in [-0.25, -0.2) is 0 Å². The highest BCUT2D eigenvalue weighted by molar-refractivity contribution is 5.85. The molecule has 0 bridgehead atoms. The van der Waals surface area contributed by atoms with Crippen molar-refractivity contribution < 1.29 is 0 Å². The first kappa shape index (κ1) is 12.7. The molecule has 2 heteroatoms. The lowest BCUT2D eigenvalue weighted by Crippen LogP contribution is -2.29. The first-order valence-corrected chi connectivity index (χ1v) is 7.39. The van der Waals surface area contributed by atoms with Crippen LogP contribution in [0.2, 0.25) is 0 Å². The van der Waals surface area contributed by atoms with Crippen LogP contribution in [0.4, 0.5) is 0 Å². The maximum absolute atomic E-state index is 3.67. The van der Waals surface area contributed by atoms with Crippen molar-refractivity contribution in [2.45, 2.75) is 44.9 Å². The lowest BCUT2D eigenvalue weighted by Gasteiger charge is -2.27. The smallest absolute Gasteiger partial charge is 0.0459 e. The lowest BCUT2D eigenvalue weighted by molar-refractivity contribution is 0.452. The van der Waals surface area contributed by atoms with Crippen LogP contribution in [0.15, 0.2) is 24.3 Å². The molecule has 0 spiro atoms. The number of H-pyrrole nitrogens is 1. The number of aromatic amines is 1. The summed E-state index contributed by atoms with van der Waals surface area (Å²) in [5.41, 5.74) is 4.43. The second kappa shape index (κ2) is 4.68. The zero-order valence-electron chi connectivity index (χ0n) is 12.2. The largest absolute Gasteiger partial charge is 0.358 e. The number of para-hydroxylation sites is 1. The van der Waals surface area contributed by atoms with Crippen molar-refractivity contribution in [3.63, 3.8) is 0 Å². The van der Waals surface area contributed by atoms with Gasteiger partial charge in [0.05, 0.1) is 0 Å². The van der Waals surface area contributed by atoms with E-state index in [0.29, 0.717) is 5.92 Å². The summed E-state index contributed by atoms with van der Waals surface area (Å²) in [6.45, 7) is 9.20. The molecule has 0 unspecified atom stereocenters. The highest BCUT2D eigenvalue weighted by Gasteiger charge is 2.28. The standard InChI is InChI=1S/C17H24N2/c1-17(2,3)16-15(12-7-6-10-18-11-12)13-8-4-5-9-14(13)19-16/h4-5,8-9,12,18-19H,6-7,10-11H2,1-3H3/t12-/m1/s1. The van der Waals surface area contributed by atoms with E-state index < -0.39 is 0 Å². The molecule has 1 aromatic heterocycles. The van der Waals surface area contributed by atoms with E-state index in [9.17, 15) is 0 Å². The molecular weight excluding hydrogens is 232 g/mol. The summed E-state index contributed by atoms with van der Waals surface area (Å²) < 4.78 is 0. The Morgan fingerprint density at radius 2 is 1.95 bits per heavy atom. The van der Waals surface area contributed by atoms with Crippen LogP contribution in [0.25, 0.3) is 10.9 Å². The number of aromatic nitrogens is 1. The maximum Gasteiger partial charge on any atom is 0.0459 e. The van der Waals surface area contributed by atoms with Gasteiger partial charge in [-0.3, -0.25) is 0 Å². The molecule has 1 aromatic carbocycles. The summed E-state index contributed by atoms with van der Waals surface area (Å²) in [6, 6.07) is 8.74. The van der Waals surface area contributed by atoms with Gasteiger partial charge in [0.2, 0.25) is 0 Å². The third-order valence-electron chi connectivity index (χ3n) is 4.20. The predicted molar refractivity (Wildman–Crippen MR) is 81.8 cm³/mol. The molecule has 1 aliphatic heterocycles. The zero-order valence-corrected chi connectivity index (χ0v) is 12.2. The van der Waals surface area contributed by atoms with Gasteiger partial charge >= 0.3 is 0 Å². The summed E-state index contributed by atoms with van der Waals surface area (Å²) in [6.07, 6.45) is 2.59. The highest BCUT2D eigenvalue weighted by Crippen LogP contribution is 2.38. The summed E-state index contributed by atoms with van der Waals surface area (Å²) in [7, 11) is 0. The van der Waals surface area contributed by atoms with Gasteiger partial charge in [0.15, 0.2) is 0 Å². The molecule has 102 valence electrons. The van der Waals surface area contributed by atoms with Crippen LogP contribution < -0.4 is 5.32 Å². The van der Waals surface area contributed by atoms with Crippen LogP contribution in [-0.2, 0) is 5.41 Å². The Hall–Kier alpha value is -1.28. The van der Waals surface area contributed by atoms with Crippen LogP contribution in [0.5, 0.6) is 0 Å². The summed E-state index contributed by atoms with van der Waals surface area (Å²) >= 11 is 0. The summed E-state index contributed by atoms with van der Waals surface area (Å²) in [5, 5.41) is 4.97. The van der Waals surface area contributed by atoms with E-state index in [0.717, 1.165) is 6.54 Å². The molecule has 0 radical (unpaired) electrons. The van der Waals surface area contributed by atoms with Crippen LogP contribution >= 0.6 is 0 Å². The predicted octanol–water partition coefficient (Wildman–Crippen LogP) is 3.93. The lowest BCUT2D eigenvalue weighted by atomic mass is 9.82. The Labute approximate surface area is 115 Å². The highest BCUT2D eigenvalue weighted by atomic mass is 14.9. The molecule has 1 fully saturated rings. The normalized spacial score (nSPS) is 20.9. The molecule has 0 amide bonds. The summed E-state index contributed by atoms with van der Waals surface area (Å²) in [4.78, 5) is 3.67. The second-order valence-electron chi connectivity index (χ2n) is 6.75. The number of benzene rings is 1. The van der Waals surface area contributed by atoms with Gasteiger partial charge < -0.3 is 10.3 Å². The van der Waals surface area contributed by atoms with E-state index in [1.807, 2.05) is 0 Å². The van der Waals surface area contributed by atoms with E-state index >= 15 is 0 Å². The van der Waals surface area contributed by atoms with Crippen molar-refractivity contribution in [3.8, 4) is 0 Å². The maximum atomic E-state index is 3.67. The fourth-order valence-electron chi connectivity index (χ4n) is 3.28. The number of rotatable bonds is 1. The number of fused-ring (bicyclic) bond motifs is 1. The molecule has 1 atom stereocenters. The molecule has 0 saturated carbocycles. The number of hydrogen-bond acceptors (Lipinski definition) is 1. The number of piperidine rings is 1. The minimum Gasteiger partial charge on any atom is -0.358 e. The number of nitrogens with one attached hydrogen (secondary N) is 2. The van der Waals surface area contributed by atoms with Crippen molar-refractivity contribution in [1.29, 1.82) is 0 Å². The average Bonchev–Trinajstić information content (AvgIpc) is 2.79. The van der Waals surface area contributed by atoms with Crippen molar-refractivity contribution in [2.75, 3.05) is 13.1 Å². The fraction of sp³-hybridized carbons (Fsp3) is 0.529. The van der Waals surface area contributed by atoms with Gasteiger partial charge in [-0.1, -0.05) is 39.0 Å². The van der Waals surface area contributed by atoms with Gasteiger partial charge in [0.25, 0.3) is 0 Å².